The number of aryl methyl sites for hydroxylation is 1. The molecular formula is C24H36N4O3S. The molecule has 0 spiro atoms. The Morgan fingerprint density at radius 2 is 1.91 bits per heavy atom. The predicted octanol–water partition coefficient (Wildman–Crippen LogP) is 4.15. The summed E-state index contributed by atoms with van der Waals surface area (Å²) in [5, 5.41) is 3.05. The summed E-state index contributed by atoms with van der Waals surface area (Å²) in [6.07, 6.45) is 3.88. The molecule has 3 rings (SSSR count). The van der Waals surface area contributed by atoms with Gasteiger partial charge in [-0.2, -0.15) is 0 Å². The van der Waals surface area contributed by atoms with Crippen molar-refractivity contribution in [3.63, 3.8) is 0 Å². The van der Waals surface area contributed by atoms with Gasteiger partial charge in [0.1, 0.15) is 0 Å². The zero-order valence-electron chi connectivity index (χ0n) is 19.8. The summed E-state index contributed by atoms with van der Waals surface area (Å²) in [4.78, 5) is 19.0. The summed E-state index contributed by atoms with van der Waals surface area (Å²) in [7, 11) is -3.64. The van der Waals surface area contributed by atoms with Crippen LogP contribution in [0.25, 0.3) is 0 Å². The number of nitrogens with zero attached hydrogens (tertiary/aromatic N) is 3. The van der Waals surface area contributed by atoms with E-state index < -0.39 is 9.84 Å². The highest BCUT2D eigenvalue weighted by Gasteiger charge is 2.30. The summed E-state index contributed by atoms with van der Waals surface area (Å²) in [6, 6.07) is 7.44. The van der Waals surface area contributed by atoms with E-state index in [2.05, 4.69) is 24.1 Å². The van der Waals surface area contributed by atoms with Crippen LogP contribution in [0.3, 0.4) is 0 Å². The van der Waals surface area contributed by atoms with Gasteiger partial charge < -0.3 is 14.8 Å². The number of benzene rings is 1. The number of urea groups is 1. The van der Waals surface area contributed by atoms with Gasteiger partial charge in [0.2, 0.25) is 15.0 Å². The molecule has 1 fully saturated rings. The minimum absolute atomic E-state index is 0.0369. The van der Waals surface area contributed by atoms with Crippen molar-refractivity contribution in [2.75, 3.05) is 6.54 Å². The lowest BCUT2D eigenvalue weighted by Gasteiger charge is -2.25. The number of aromatic nitrogens is 2. The Morgan fingerprint density at radius 3 is 2.50 bits per heavy atom. The highest BCUT2D eigenvalue weighted by Crippen LogP contribution is 2.30. The maximum Gasteiger partial charge on any atom is 0.317 e. The second kappa shape index (κ2) is 10.1. The van der Waals surface area contributed by atoms with Crippen molar-refractivity contribution in [1.82, 2.24) is 19.8 Å². The molecule has 0 saturated heterocycles. The molecular weight excluding hydrogens is 424 g/mol. The van der Waals surface area contributed by atoms with Crippen LogP contribution in [0.15, 0.2) is 35.6 Å². The van der Waals surface area contributed by atoms with Crippen LogP contribution in [0.1, 0.15) is 57.4 Å². The smallest absolute Gasteiger partial charge is 0.317 e. The molecule has 2 amide bonds. The third-order valence-electron chi connectivity index (χ3n) is 5.56. The van der Waals surface area contributed by atoms with Crippen LogP contribution in [0.4, 0.5) is 4.79 Å². The van der Waals surface area contributed by atoms with Crippen molar-refractivity contribution in [3.05, 3.63) is 47.3 Å². The fraction of sp³-hybridized carbons (Fsp3) is 0.583. The number of hydrogen-bond acceptors (Lipinski definition) is 4. The number of sulfone groups is 1. The second-order valence-electron chi connectivity index (χ2n) is 9.65. The molecule has 0 aliphatic heterocycles. The quantitative estimate of drug-likeness (QED) is 0.577. The molecule has 0 unspecified atom stereocenters. The third kappa shape index (κ3) is 6.34. The van der Waals surface area contributed by atoms with Crippen LogP contribution in [-0.4, -0.2) is 41.5 Å². The zero-order chi connectivity index (χ0) is 23.5. The van der Waals surface area contributed by atoms with Gasteiger partial charge in [-0.05, 0) is 56.6 Å². The van der Waals surface area contributed by atoms with Crippen molar-refractivity contribution >= 4 is 15.9 Å². The van der Waals surface area contributed by atoms with Gasteiger partial charge in [-0.1, -0.05) is 38.1 Å². The van der Waals surface area contributed by atoms with Crippen molar-refractivity contribution in [2.45, 2.75) is 77.5 Å². The Bertz CT molecular complexity index is 1040. The Hall–Kier alpha value is -2.35. The first-order valence-corrected chi connectivity index (χ1v) is 13.1. The van der Waals surface area contributed by atoms with Crippen molar-refractivity contribution in [2.24, 2.45) is 11.8 Å². The number of carbonyl (C=O) groups excluding carboxylic acids is 1. The topological polar surface area (TPSA) is 84.3 Å². The van der Waals surface area contributed by atoms with E-state index in [1.165, 1.54) is 0 Å². The Kier molecular flexibility index (Phi) is 7.64. The summed E-state index contributed by atoms with van der Waals surface area (Å²) in [5.74, 6) is 0.670. The van der Waals surface area contributed by atoms with Crippen molar-refractivity contribution in [1.29, 1.82) is 0 Å². The lowest BCUT2D eigenvalue weighted by atomic mass is 10.1. The molecule has 1 aromatic heterocycles. The molecule has 176 valence electrons. The summed E-state index contributed by atoms with van der Waals surface area (Å²) < 4.78 is 28.5. The number of hydrogen-bond donors (Lipinski definition) is 1. The number of rotatable bonds is 10. The molecule has 7 nitrogen and oxygen atoms in total. The van der Waals surface area contributed by atoms with Crippen molar-refractivity contribution < 1.29 is 13.2 Å². The molecule has 1 aliphatic carbocycles. The van der Waals surface area contributed by atoms with Crippen LogP contribution in [0, 0.1) is 18.8 Å². The first-order chi connectivity index (χ1) is 15.1. The minimum atomic E-state index is -3.64. The van der Waals surface area contributed by atoms with Gasteiger partial charge in [0.05, 0.1) is 24.2 Å². The summed E-state index contributed by atoms with van der Waals surface area (Å²) in [6.45, 7) is 11.4. The van der Waals surface area contributed by atoms with Crippen molar-refractivity contribution in [3.8, 4) is 0 Å². The van der Waals surface area contributed by atoms with Gasteiger partial charge in [-0.15, -0.1) is 0 Å². The van der Waals surface area contributed by atoms with Gasteiger partial charge in [-0.3, -0.25) is 0 Å². The normalized spacial score (nSPS) is 14.2. The second-order valence-corrected chi connectivity index (χ2v) is 11.5. The van der Waals surface area contributed by atoms with E-state index in [0.29, 0.717) is 25.6 Å². The number of amides is 2. The summed E-state index contributed by atoms with van der Waals surface area (Å²) >= 11 is 0. The number of carbonyl (C=O) groups is 1. The Morgan fingerprint density at radius 1 is 1.22 bits per heavy atom. The standard InChI is InChI=1S/C24H36N4O3S/c1-17(2)13-28-22(15-27(14-20-10-11-20)23(29)26-18(3)4)12-25-24(28)32(30,31)16-21-9-7-6-8-19(21)5/h6-9,12,17-18,20H,10-11,13-16H2,1-5H3,(H,26,29). The molecule has 0 atom stereocenters. The molecule has 0 radical (unpaired) electrons. The highest BCUT2D eigenvalue weighted by molar-refractivity contribution is 7.90. The average Bonchev–Trinajstić information content (AvgIpc) is 3.42. The molecule has 2 aromatic rings. The van der Waals surface area contributed by atoms with E-state index in [9.17, 15) is 13.2 Å². The molecule has 1 saturated carbocycles. The first kappa shape index (κ1) is 24.3. The lowest BCUT2D eigenvalue weighted by Crippen LogP contribution is -2.43. The fourth-order valence-electron chi connectivity index (χ4n) is 3.73. The highest BCUT2D eigenvalue weighted by atomic mass is 32.2. The SMILES string of the molecule is Cc1ccccc1CS(=O)(=O)c1ncc(CN(CC2CC2)C(=O)NC(C)C)n1CC(C)C. The Balaban J connectivity index is 1.91. The van der Waals surface area contributed by atoms with E-state index in [1.807, 2.05) is 45.0 Å². The molecule has 0 bridgehead atoms. The van der Waals surface area contributed by atoms with Gasteiger partial charge in [-0.25, -0.2) is 18.2 Å². The zero-order valence-corrected chi connectivity index (χ0v) is 20.7. The third-order valence-corrected chi connectivity index (χ3v) is 7.14. The largest absolute Gasteiger partial charge is 0.336 e. The molecule has 1 N–H and O–H groups in total. The predicted molar refractivity (Wildman–Crippen MR) is 126 cm³/mol. The fourth-order valence-corrected chi connectivity index (χ4v) is 5.34. The monoisotopic (exact) mass is 460 g/mol. The molecule has 32 heavy (non-hydrogen) atoms. The van der Waals surface area contributed by atoms with E-state index in [0.717, 1.165) is 29.7 Å². The van der Waals surface area contributed by atoms with E-state index in [4.69, 9.17) is 0 Å². The molecule has 8 heteroatoms. The van der Waals surface area contributed by atoms with Gasteiger partial charge in [0, 0.05) is 19.1 Å². The van der Waals surface area contributed by atoms with Gasteiger partial charge in [0.25, 0.3) is 0 Å². The molecule has 1 aromatic carbocycles. The van der Waals surface area contributed by atoms with E-state index in [-0.39, 0.29) is 28.9 Å². The van der Waals surface area contributed by atoms with Crippen LogP contribution < -0.4 is 5.32 Å². The molecule has 1 aliphatic rings. The van der Waals surface area contributed by atoms with Crippen LogP contribution in [0.2, 0.25) is 0 Å². The van der Waals surface area contributed by atoms with Gasteiger partial charge >= 0.3 is 6.03 Å². The first-order valence-electron chi connectivity index (χ1n) is 11.4. The average molecular weight is 461 g/mol. The van der Waals surface area contributed by atoms with E-state index >= 15 is 0 Å². The number of imidazole rings is 1. The Labute approximate surface area is 192 Å². The van der Waals surface area contributed by atoms with Crippen LogP contribution in [0.5, 0.6) is 0 Å². The lowest BCUT2D eigenvalue weighted by molar-refractivity contribution is 0.188. The molecule has 1 heterocycles. The minimum Gasteiger partial charge on any atom is -0.336 e. The maximum absolute atomic E-state index is 13.3. The van der Waals surface area contributed by atoms with Crippen LogP contribution in [-0.2, 0) is 28.7 Å². The maximum atomic E-state index is 13.3. The van der Waals surface area contributed by atoms with E-state index in [1.54, 1.807) is 15.7 Å². The van der Waals surface area contributed by atoms with Crippen LogP contribution >= 0.6 is 0 Å². The number of nitrogens with one attached hydrogen (secondary N) is 1. The summed E-state index contributed by atoms with van der Waals surface area (Å²) in [5.41, 5.74) is 2.47. The van der Waals surface area contributed by atoms with Gasteiger partial charge in [0.15, 0.2) is 0 Å².